The van der Waals surface area contributed by atoms with Gasteiger partial charge in [-0.25, -0.2) is 0 Å². The van der Waals surface area contributed by atoms with Gasteiger partial charge in [-0.3, -0.25) is 0 Å². The first kappa shape index (κ1) is 13.9. The number of rotatable bonds is 3. The highest BCUT2D eigenvalue weighted by molar-refractivity contribution is 9.10. The van der Waals surface area contributed by atoms with Crippen molar-refractivity contribution in [1.82, 2.24) is 0 Å². The molecule has 2 nitrogen and oxygen atoms in total. The van der Waals surface area contributed by atoms with Crippen LogP contribution in [0.25, 0.3) is 0 Å². The summed E-state index contributed by atoms with van der Waals surface area (Å²) >= 11 is 3.59. The molecule has 0 radical (unpaired) electrons. The van der Waals surface area contributed by atoms with Crippen molar-refractivity contribution < 1.29 is 5.11 Å². The summed E-state index contributed by atoms with van der Waals surface area (Å²) in [5, 5.41) is 10.4. The largest absolute Gasteiger partial charge is 0.506 e. The normalized spacial score (nSPS) is 16.4. The average Bonchev–Trinajstić information content (AvgIpc) is 2.37. The summed E-state index contributed by atoms with van der Waals surface area (Å²) in [6, 6.07) is 0. The molecule has 0 heterocycles. The molecule has 1 aliphatic rings. The van der Waals surface area contributed by atoms with Gasteiger partial charge in [0.05, 0.1) is 4.47 Å². The van der Waals surface area contributed by atoms with E-state index < -0.39 is 0 Å². The van der Waals surface area contributed by atoms with E-state index >= 15 is 0 Å². The quantitative estimate of drug-likeness (QED) is 0.892. The highest BCUT2D eigenvalue weighted by Gasteiger charge is 2.24. The van der Waals surface area contributed by atoms with E-state index in [1.54, 1.807) is 0 Å². The summed E-state index contributed by atoms with van der Waals surface area (Å²) in [5.74, 6) is 0.757. The molecule has 18 heavy (non-hydrogen) atoms. The maximum atomic E-state index is 10.4. The smallest absolute Gasteiger partial charge is 0.133 e. The van der Waals surface area contributed by atoms with Gasteiger partial charge in [0, 0.05) is 5.56 Å². The summed E-state index contributed by atoms with van der Waals surface area (Å²) in [5.41, 5.74) is 10.8. The Morgan fingerprint density at radius 1 is 1.28 bits per heavy atom. The molecule has 3 heteroatoms. The molecule has 0 aromatic heterocycles. The van der Waals surface area contributed by atoms with Crippen LogP contribution in [-0.2, 0) is 12.8 Å². The van der Waals surface area contributed by atoms with E-state index in [0.29, 0.717) is 18.2 Å². The number of hydrogen-bond acceptors (Lipinski definition) is 2. The van der Waals surface area contributed by atoms with Gasteiger partial charge in [0.15, 0.2) is 0 Å². The van der Waals surface area contributed by atoms with Crippen molar-refractivity contribution in [2.75, 3.05) is 6.54 Å². The van der Waals surface area contributed by atoms with Crippen molar-refractivity contribution in [3.05, 3.63) is 26.7 Å². The Balaban J connectivity index is 2.56. The first-order valence-electron chi connectivity index (χ1n) is 6.80. The molecule has 0 amide bonds. The standard InChI is InChI=1S/C15H22BrNO/c1-9(7-8-17)13-10(2)11-5-3-4-6-12(11)14(16)15(13)18/h9,18H,3-8,17H2,1-2H3. The van der Waals surface area contributed by atoms with Crippen LogP contribution in [0, 0.1) is 6.92 Å². The molecule has 100 valence electrons. The van der Waals surface area contributed by atoms with Gasteiger partial charge < -0.3 is 10.8 Å². The average molecular weight is 312 g/mol. The van der Waals surface area contributed by atoms with E-state index in [1.807, 2.05) is 0 Å². The number of benzene rings is 1. The van der Waals surface area contributed by atoms with Crippen molar-refractivity contribution in [2.24, 2.45) is 5.73 Å². The van der Waals surface area contributed by atoms with Crippen molar-refractivity contribution in [3.63, 3.8) is 0 Å². The van der Waals surface area contributed by atoms with Crippen LogP contribution in [0.2, 0.25) is 0 Å². The zero-order valence-electron chi connectivity index (χ0n) is 11.2. The third-order valence-electron chi connectivity index (χ3n) is 4.14. The van der Waals surface area contributed by atoms with Crippen LogP contribution in [0.15, 0.2) is 4.47 Å². The van der Waals surface area contributed by atoms with Crippen LogP contribution in [-0.4, -0.2) is 11.7 Å². The molecule has 0 aliphatic heterocycles. The maximum Gasteiger partial charge on any atom is 0.133 e. The zero-order valence-corrected chi connectivity index (χ0v) is 12.8. The van der Waals surface area contributed by atoms with Gasteiger partial charge in [0.1, 0.15) is 5.75 Å². The first-order valence-corrected chi connectivity index (χ1v) is 7.60. The second-order valence-corrected chi connectivity index (χ2v) is 6.14. The molecule has 1 aromatic carbocycles. The molecule has 1 atom stereocenters. The third kappa shape index (κ3) is 2.30. The molecule has 1 aromatic rings. The van der Waals surface area contributed by atoms with Gasteiger partial charge in [0.2, 0.25) is 0 Å². The Hall–Kier alpha value is -0.540. The third-order valence-corrected chi connectivity index (χ3v) is 5.00. The number of fused-ring (bicyclic) bond motifs is 1. The van der Waals surface area contributed by atoms with Crippen LogP contribution in [0.5, 0.6) is 5.75 Å². The summed E-state index contributed by atoms with van der Waals surface area (Å²) < 4.78 is 0.918. The highest BCUT2D eigenvalue weighted by atomic mass is 79.9. The second-order valence-electron chi connectivity index (χ2n) is 5.34. The van der Waals surface area contributed by atoms with Gasteiger partial charge in [-0.05, 0) is 84.1 Å². The van der Waals surface area contributed by atoms with E-state index in [2.05, 4.69) is 29.8 Å². The lowest BCUT2D eigenvalue weighted by molar-refractivity contribution is 0.453. The number of halogens is 1. The van der Waals surface area contributed by atoms with Crippen molar-refractivity contribution in [2.45, 2.75) is 51.9 Å². The van der Waals surface area contributed by atoms with Crippen molar-refractivity contribution in [3.8, 4) is 5.75 Å². The summed E-state index contributed by atoms with van der Waals surface area (Å²) in [6.45, 7) is 4.96. The Bertz CT molecular complexity index is 457. The topological polar surface area (TPSA) is 46.2 Å². The molecule has 0 spiro atoms. The fraction of sp³-hybridized carbons (Fsp3) is 0.600. The first-order chi connectivity index (χ1) is 8.57. The van der Waals surface area contributed by atoms with Crippen LogP contribution in [0.1, 0.15) is 54.4 Å². The lowest BCUT2D eigenvalue weighted by Gasteiger charge is -2.26. The maximum absolute atomic E-state index is 10.4. The lowest BCUT2D eigenvalue weighted by atomic mass is 9.82. The Kier molecular flexibility index (Phi) is 4.33. The summed E-state index contributed by atoms with van der Waals surface area (Å²) in [4.78, 5) is 0. The van der Waals surface area contributed by atoms with Gasteiger partial charge in [-0.2, -0.15) is 0 Å². The van der Waals surface area contributed by atoms with Crippen LogP contribution >= 0.6 is 15.9 Å². The molecule has 0 fully saturated rings. The molecule has 0 saturated carbocycles. The number of nitrogens with two attached hydrogens (primary N) is 1. The van der Waals surface area contributed by atoms with Gasteiger partial charge in [-0.15, -0.1) is 0 Å². The van der Waals surface area contributed by atoms with Gasteiger partial charge in [-0.1, -0.05) is 6.92 Å². The SMILES string of the molecule is Cc1c2c(c(Br)c(O)c1C(C)CCN)CCCC2. The molecule has 3 N–H and O–H groups in total. The van der Waals surface area contributed by atoms with Gasteiger partial charge >= 0.3 is 0 Å². The molecule has 0 bridgehead atoms. The number of hydrogen-bond donors (Lipinski definition) is 2. The molecule has 1 unspecified atom stereocenters. The number of phenols is 1. The summed E-state index contributed by atoms with van der Waals surface area (Å²) in [6.07, 6.45) is 5.62. The minimum atomic E-state index is 0.318. The van der Waals surface area contributed by atoms with E-state index in [4.69, 9.17) is 5.73 Å². The summed E-state index contributed by atoms with van der Waals surface area (Å²) in [7, 11) is 0. The monoisotopic (exact) mass is 311 g/mol. The predicted octanol–water partition coefficient (Wildman–Crippen LogP) is 3.79. The van der Waals surface area contributed by atoms with Crippen molar-refractivity contribution in [1.29, 1.82) is 0 Å². The number of aromatic hydroxyl groups is 1. The van der Waals surface area contributed by atoms with Crippen LogP contribution in [0.4, 0.5) is 0 Å². The molecule has 0 saturated heterocycles. The highest BCUT2D eigenvalue weighted by Crippen LogP contribution is 2.43. The fourth-order valence-electron chi connectivity index (χ4n) is 3.16. The predicted molar refractivity (Wildman–Crippen MR) is 79.3 cm³/mol. The number of phenolic OH excluding ortho intramolecular Hbond substituents is 1. The molecule has 1 aliphatic carbocycles. The minimum absolute atomic E-state index is 0.318. The van der Waals surface area contributed by atoms with E-state index in [9.17, 15) is 5.11 Å². The minimum Gasteiger partial charge on any atom is -0.506 e. The second kappa shape index (κ2) is 5.62. The van der Waals surface area contributed by atoms with Crippen molar-refractivity contribution >= 4 is 15.9 Å². The van der Waals surface area contributed by atoms with Crippen LogP contribution < -0.4 is 5.73 Å². The zero-order chi connectivity index (χ0) is 13.3. The lowest BCUT2D eigenvalue weighted by Crippen LogP contribution is -2.12. The van der Waals surface area contributed by atoms with Crippen LogP contribution in [0.3, 0.4) is 0 Å². The van der Waals surface area contributed by atoms with E-state index in [1.165, 1.54) is 29.5 Å². The molecular formula is C15H22BrNO. The van der Waals surface area contributed by atoms with E-state index in [-0.39, 0.29) is 0 Å². The Morgan fingerprint density at radius 3 is 2.50 bits per heavy atom. The fourth-order valence-corrected chi connectivity index (χ4v) is 3.81. The van der Waals surface area contributed by atoms with Gasteiger partial charge in [0.25, 0.3) is 0 Å². The van der Waals surface area contributed by atoms with E-state index in [0.717, 1.165) is 29.3 Å². The molecule has 2 rings (SSSR count). The Morgan fingerprint density at radius 2 is 1.89 bits per heavy atom. The Labute approximate surface area is 118 Å². The molecular weight excluding hydrogens is 290 g/mol.